The highest BCUT2D eigenvalue weighted by atomic mass is 16.7. The molecule has 0 aliphatic rings. The molecule has 2 N–H and O–H groups in total. The van der Waals surface area contributed by atoms with Crippen molar-refractivity contribution in [2.75, 3.05) is 0 Å². The van der Waals surface area contributed by atoms with E-state index in [0.717, 1.165) is 47.7 Å². The van der Waals surface area contributed by atoms with E-state index in [-0.39, 0.29) is 62.6 Å². The number of aromatic nitrogens is 2. The average molecular weight is 763 g/mol. The highest BCUT2D eigenvalue weighted by Crippen LogP contribution is 2.30. The van der Waals surface area contributed by atoms with Gasteiger partial charge in [0.25, 0.3) is 11.1 Å². The zero-order valence-corrected chi connectivity index (χ0v) is 31.8. The molecular weight excluding hydrogens is 720 g/mol. The highest BCUT2D eigenvalue weighted by molar-refractivity contribution is 5.96. The smallest absolute Gasteiger partial charge is 0.343 e. The number of unbranched alkanes of at least 4 members (excludes halogenated alkanes) is 6. The number of benzene rings is 2. The molecule has 4 aromatic rings. The van der Waals surface area contributed by atoms with E-state index >= 15 is 0 Å². The van der Waals surface area contributed by atoms with Gasteiger partial charge >= 0.3 is 11.9 Å². The van der Waals surface area contributed by atoms with Crippen molar-refractivity contribution in [2.24, 2.45) is 34.6 Å². The number of nitrogens with zero attached hydrogens (tertiary/aromatic N) is 8. The van der Waals surface area contributed by atoms with Gasteiger partial charge in [-0.05, 0) is 44.5 Å². The molecule has 0 bridgehead atoms. The van der Waals surface area contributed by atoms with E-state index < -0.39 is 41.1 Å². The van der Waals surface area contributed by atoms with Crippen LogP contribution in [0, 0.1) is 36.5 Å². The summed E-state index contributed by atoms with van der Waals surface area (Å²) in [4.78, 5) is 53.1. The van der Waals surface area contributed by atoms with Gasteiger partial charge in [-0.3, -0.25) is 18.7 Å². The maximum atomic E-state index is 13.7. The molecule has 56 heavy (non-hydrogen) atoms. The van der Waals surface area contributed by atoms with Crippen LogP contribution < -0.4 is 11.1 Å². The van der Waals surface area contributed by atoms with E-state index in [1.807, 2.05) is 12.1 Å². The molecule has 4 rings (SSSR count). The van der Waals surface area contributed by atoms with E-state index in [1.54, 1.807) is 24.3 Å². The Morgan fingerprint density at radius 2 is 1.07 bits per heavy atom. The molecule has 0 atom stereocenters. The third-order valence-corrected chi connectivity index (χ3v) is 9.06. The van der Waals surface area contributed by atoms with E-state index in [9.17, 15) is 39.9 Å². The van der Waals surface area contributed by atoms with E-state index in [1.165, 1.54) is 52.2 Å². The van der Waals surface area contributed by atoms with Gasteiger partial charge in [-0.1, -0.05) is 69.7 Å². The number of hydrogen-bond acceptors (Lipinski definition) is 14. The van der Waals surface area contributed by atoms with Crippen molar-refractivity contribution >= 4 is 34.7 Å². The lowest BCUT2D eigenvalue weighted by molar-refractivity contribution is -0.0837. The summed E-state index contributed by atoms with van der Waals surface area (Å²) in [6, 6.07) is 15.8. The van der Waals surface area contributed by atoms with Crippen molar-refractivity contribution in [2.45, 2.75) is 78.4 Å². The number of carbonyl (C=O) groups is 2. The molecular formula is C40H42N8O8. The van der Waals surface area contributed by atoms with Crippen LogP contribution in [0.25, 0.3) is 0 Å². The molecule has 0 fully saturated rings. The molecule has 0 aliphatic carbocycles. The third kappa shape index (κ3) is 9.58. The number of pyridine rings is 2. The van der Waals surface area contributed by atoms with Gasteiger partial charge in [-0.25, -0.2) is 9.59 Å². The summed E-state index contributed by atoms with van der Waals surface area (Å²) in [5.74, 6) is -2.82. The van der Waals surface area contributed by atoms with Gasteiger partial charge < -0.3 is 19.7 Å². The van der Waals surface area contributed by atoms with Gasteiger partial charge in [0, 0.05) is 31.6 Å². The first kappa shape index (κ1) is 41.8. The normalized spacial score (nSPS) is 11.7. The number of esters is 2. The van der Waals surface area contributed by atoms with E-state index in [2.05, 4.69) is 27.4 Å². The van der Waals surface area contributed by atoms with Gasteiger partial charge in [0.1, 0.15) is 34.6 Å². The molecule has 0 saturated carbocycles. The van der Waals surface area contributed by atoms with Crippen LogP contribution in [0.15, 0.2) is 78.6 Å². The molecule has 2 aromatic heterocycles. The number of ether oxygens (including phenoxy) is 2. The Balaban J connectivity index is 1.62. The van der Waals surface area contributed by atoms with Crippen molar-refractivity contribution in [1.82, 2.24) is 9.13 Å². The summed E-state index contributed by atoms with van der Waals surface area (Å²) in [6.45, 7) is 5.01. The maximum absolute atomic E-state index is 13.7. The van der Waals surface area contributed by atoms with E-state index in [0.29, 0.717) is 6.42 Å². The molecule has 16 heteroatoms. The van der Waals surface area contributed by atoms with Gasteiger partial charge in [-0.2, -0.15) is 10.5 Å². The van der Waals surface area contributed by atoms with Crippen molar-refractivity contribution in [3.8, 4) is 23.9 Å². The van der Waals surface area contributed by atoms with Gasteiger partial charge in [-0.15, -0.1) is 20.5 Å². The van der Waals surface area contributed by atoms with Crippen LogP contribution in [0.3, 0.4) is 0 Å². The molecule has 2 aromatic carbocycles. The van der Waals surface area contributed by atoms with Crippen molar-refractivity contribution in [3.05, 3.63) is 103 Å². The van der Waals surface area contributed by atoms with Crippen LogP contribution >= 0.6 is 0 Å². The first-order chi connectivity index (χ1) is 26.9. The second kappa shape index (κ2) is 19.4. The molecule has 0 unspecified atom stereocenters. The lowest BCUT2D eigenvalue weighted by Crippen LogP contribution is -2.25. The number of nitriles is 2. The quantitative estimate of drug-likeness (QED) is 0.0481. The fourth-order valence-electron chi connectivity index (χ4n) is 5.69. The minimum absolute atomic E-state index is 0.0208. The van der Waals surface area contributed by atoms with Crippen LogP contribution in [-0.2, 0) is 23.6 Å². The monoisotopic (exact) mass is 762 g/mol. The molecule has 0 radical (unpaired) electrons. The Bertz CT molecular complexity index is 2230. The number of carbonyl (C=O) groups excluding carboxylic acids is 2. The topological polar surface area (TPSA) is 234 Å². The predicted molar refractivity (Wildman–Crippen MR) is 204 cm³/mol. The number of azo groups is 2. The van der Waals surface area contributed by atoms with Crippen molar-refractivity contribution in [1.29, 1.82) is 10.5 Å². The SMILES string of the molecule is CCCCCCCCCC(OC(=O)c1ccccc1N=Nc1c(C)c(C#N)c(O)n(C)c1=O)OC(=O)c1ccccc1N=Nc1c(C)c(C#N)c(O)n(C)c1=O. The molecule has 0 aliphatic heterocycles. The number of aromatic hydroxyl groups is 2. The predicted octanol–water partition coefficient (Wildman–Crippen LogP) is 8.17. The standard InChI is InChI=1S/C40H42N8O8/c1-6-7-8-9-10-11-12-21-32(55-39(53)26-17-13-15-19-30(26)43-45-33-24(2)28(22-41)35(49)47(4)37(33)51)56-40(54)27-18-14-16-20-31(27)44-46-34-25(3)29(23-42)36(50)48(5)38(34)52/h13-20,32,49-50H,6-12,21H2,1-5H3. The fourth-order valence-corrected chi connectivity index (χ4v) is 5.69. The molecule has 0 spiro atoms. The van der Waals surface area contributed by atoms with Crippen molar-refractivity contribution in [3.63, 3.8) is 0 Å². The first-order valence-electron chi connectivity index (χ1n) is 17.9. The Labute approximate surface area is 322 Å². The summed E-state index contributed by atoms with van der Waals surface area (Å²) in [5.41, 5.74) is -2.01. The van der Waals surface area contributed by atoms with Gasteiger partial charge in [0.05, 0.1) is 11.1 Å². The summed E-state index contributed by atoms with van der Waals surface area (Å²) >= 11 is 0. The summed E-state index contributed by atoms with van der Waals surface area (Å²) in [7, 11) is 2.56. The molecule has 2 heterocycles. The van der Waals surface area contributed by atoms with Crippen LogP contribution in [0.1, 0.15) is 101 Å². The minimum Gasteiger partial charge on any atom is -0.493 e. The minimum atomic E-state index is -1.35. The lowest BCUT2D eigenvalue weighted by Gasteiger charge is -2.19. The van der Waals surface area contributed by atoms with Crippen LogP contribution in [-0.4, -0.2) is 37.6 Å². The zero-order valence-electron chi connectivity index (χ0n) is 31.8. The van der Waals surface area contributed by atoms with Crippen LogP contribution in [0.4, 0.5) is 22.7 Å². The first-order valence-corrected chi connectivity index (χ1v) is 17.9. The Morgan fingerprint density at radius 1 is 0.679 bits per heavy atom. The summed E-state index contributed by atoms with van der Waals surface area (Å²) < 4.78 is 13.2. The molecule has 16 nitrogen and oxygen atoms in total. The Kier molecular flexibility index (Phi) is 14.5. The second-order valence-electron chi connectivity index (χ2n) is 12.9. The Hall–Kier alpha value is -6.94. The average Bonchev–Trinajstić information content (AvgIpc) is 3.19. The van der Waals surface area contributed by atoms with Crippen LogP contribution in [0.2, 0.25) is 0 Å². The Morgan fingerprint density at radius 3 is 1.48 bits per heavy atom. The zero-order chi connectivity index (χ0) is 40.9. The van der Waals surface area contributed by atoms with Gasteiger partial charge in [0.15, 0.2) is 11.4 Å². The summed E-state index contributed by atoms with van der Waals surface area (Å²) in [6.07, 6.45) is 5.48. The summed E-state index contributed by atoms with van der Waals surface area (Å²) in [5, 5.41) is 55.7. The largest absolute Gasteiger partial charge is 0.493 e. The third-order valence-electron chi connectivity index (χ3n) is 9.06. The van der Waals surface area contributed by atoms with E-state index in [4.69, 9.17) is 9.47 Å². The molecule has 290 valence electrons. The fraction of sp³-hybridized carbons (Fsp3) is 0.350. The number of hydrogen-bond donors (Lipinski definition) is 2. The molecule has 0 saturated heterocycles. The number of rotatable bonds is 16. The van der Waals surface area contributed by atoms with Crippen LogP contribution in [0.5, 0.6) is 11.8 Å². The van der Waals surface area contributed by atoms with Gasteiger partial charge in [0.2, 0.25) is 18.1 Å². The highest BCUT2D eigenvalue weighted by Gasteiger charge is 2.25. The lowest BCUT2D eigenvalue weighted by atomic mass is 10.1. The maximum Gasteiger partial charge on any atom is 0.343 e. The van der Waals surface area contributed by atoms with Crippen molar-refractivity contribution < 1.29 is 29.3 Å². The second-order valence-corrected chi connectivity index (χ2v) is 12.9. The molecule has 0 amide bonds.